The SMILES string of the molecule is O=c1[nH]c2ccccc2n1C1CCN(Cc2ccc(N3Cc4cc(C(F)(F)F)ccc4N=C3c3ccccc3)cc2)CC1. The minimum absolute atomic E-state index is 0.0522. The normalized spacial score (nSPS) is 16.3. The van der Waals surface area contributed by atoms with Crippen molar-refractivity contribution < 1.29 is 13.2 Å². The van der Waals surface area contributed by atoms with Gasteiger partial charge in [0.2, 0.25) is 0 Å². The third-order valence-electron chi connectivity index (χ3n) is 8.45. The first-order chi connectivity index (χ1) is 20.8. The molecule has 218 valence electrons. The number of para-hydroxylation sites is 2. The fourth-order valence-electron chi connectivity index (χ4n) is 6.25. The van der Waals surface area contributed by atoms with E-state index in [2.05, 4.69) is 22.0 Å². The first kappa shape index (κ1) is 27.2. The van der Waals surface area contributed by atoms with Crippen molar-refractivity contribution in [1.82, 2.24) is 14.5 Å². The number of halogens is 3. The van der Waals surface area contributed by atoms with Crippen LogP contribution in [0.5, 0.6) is 0 Å². The number of likely N-dealkylation sites (tertiary alicyclic amines) is 1. The summed E-state index contributed by atoms with van der Waals surface area (Å²) in [5.74, 6) is 0.704. The molecule has 43 heavy (non-hydrogen) atoms. The van der Waals surface area contributed by atoms with E-state index in [0.717, 1.165) is 66.4 Å². The molecule has 2 aliphatic heterocycles. The molecule has 0 unspecified atom stereocenters. The van der Waals surface area contributed by atoms with E-state index in [1.807, 2.05) is 76.2 Å². The molecular weight excluding hydrogens is 551 g/mol. The van der Waals surface area contributed by atoms with E-state index < -0.39 is 11.7 Å². The smallest absolute Gasteiger partial charge is 0.321 e. The minimum Gasteiger partial charge on any atom is -0.321 e. The average molecular weight is 582 g/mol. The van der Waals surface area contributed by atoms with Gasteiger partial charge in [0.25, 0.3) is 0 Å². The van der Waals surface area contributed by atoms with E-state index in [-0.39, 0.29) is 18.3 Å². The van der Waals surface area contributed by atoms with Crippen LogP contribution in [0.1, 0.15) is 41.1 Å². The van der Waals surface area contributed by atoms with Crippen LogP contribution < -0.4 is 10.6 Å². The van der Waals surface area contributed by atoms with Crippen LogP contribution in [-0.2, 0) is 19.3 Å². The van der Waals surface area contributed by atoms with Crippen LogP contribution >= 0.6 is 0 Å². The molecule has 0 radical (unpaired) electrons. The summed E-state index contributed by atoms with van der Waals surface area (Å²) in [6.45, 7) is 2.83. The number of hydrogen-bond donors (Lipinski definition) is 1. The molecule has 0 atom stereocenters. The van der Waals surface area contributed by atoms with Crippen molar-refractivity contribution in [3.8, 4) is 0 Å². The van der Waals surface area contributed by atoms with E-state index in [4.69, 9.17) is 4.99 Å². The van der Waals surface area contributed by atoms with Crippen molar-refractivity contribution in [3.63, 3.8) is 0 Å². The van der Waals surface area contributed by atoms with E-state index in [0.29, 0.717) is 17.1 Å². The molecular formula is C34H30F3N5O. The van der Waals surface area contributed by atoms with Gasteiger partial charge in [-0.25, -0.2) is 9.79 Å². The minimum atomic E-state index is -4.41. The molecule has 1 fully saturated rings. The van der Waals surface area contributed by atoms with Gasteiger partial charge in [0.05, 0.1) is 28.8 Å². The van der Waals surface area contributed by atoms with Gasteiger partial charge in [0, 0.05) is 36.9 Å². The molecule has 2 aliphatic rings. The Kier molecular flexibility index (Phi) is 6.89. The van der Waals surface area contributed by atoms with Crippen LogP contribution in [0.2, 0.25) is 0 Å². The zero-order valence-electron chi connectivity index (χ0n) is 23.4. The molecule has 0 amide bonds. The summed E-state index contributed by atoms with van der Waals surface area (Å²) in [6.07, 6.45) is -2.63. The first-order valence-corrected chi connectivity index (χ1v) is 14.5. The Morgan fingerprint density at radius 1 is 0.860 bits per heavy atom. The summed E-state index contributed by atoms with van der Waals surface area (Å²) in [6, 6.07) is 29.6. The number of aromatic amines is 1. The lowest BCUT2D eigenvalue weighted by Crippen LogP contribution is -2.36. The Morgan fingerprint density at radius 3 is 2.33 bits per heavy atom. The second-order valence-corrected chi connectivity index (χ2v) is 11.2. The van der Waals surface area contributed by atoms with Gasteiger partial charge < -0.3 is 9.88 Å². The number of amidine groups is 1. The molecule has 3 heterocycles. The third-order valence-corrected chi connectivity index (χ3v) is 8.45. The van der Waals surface area contributed by atoms with E-state index in [1.165, 1.54) is 12.1 Å². The number of imidazole rings is 1. The van der Waals surface area contributed by atoms with Crippen LogP contribution in [0.25, 0.3) is 11.0 Å². The number of rotatable bonds is 5. The molecule has 9 heteroatoms. The zero-order chi connectivity index (χ0) is 29.6. The second kappa shape index (κ2) is 10.9. The summed E-state index contributed by atoms with van der Waals surface area (Å²) in [5, 5.41) is 0. The number of alkyl halides is 3. The third kappa shape index (κ3) is 5.36. The van der Waals surface area contributed by atoms with Gasteiger partial charge >= 0.3 is 11.9 Å². The van der Waals surface area contributed by atoms with E-state index in [9.17, 15) is 18.0 Å². The van der Waals surface area contributed by atoms with Gasteiger partial charge in [0.1, 0.15) is 5.84 Å². The topological polar surface area (TPSA) is 56.6 Å². The number of aromatic nitrogens is 2. The van der Waals surface area contributed by atoms with Crippen LogP contribution in [-0.4, -0.2) is 33.4 Å². The quantitative estimate of drug-likeness (QED) is 0.237. The predicted molar refractivity (Wildman–Crippen MR) is 163 cm³/mol. The number of anilines is 1. The Morgan fingerprint density at radius 2 is 1.58 bits per heavy atom. The number of hydrogen-bond acceptors (Lipinski definition) is 4. The maximum absolute atomic E-state index is 13.5. The molecule has 4 aromatic carbocycles. The Labute approximate surface area is 246 Å². The zero-order valence-corrected chi connectivity index (χ0v) is 23.4. The molecule has 6 nitrogen and oxygen atoms in total. The lowest BCUT2D eigenvalue weighted by Gasteiger charge is -2.33. The van der Waals surface area contributed by atoms with Crippen molar-refractivity contribution in [1.29, 1.82) is 0 Å². The summed E-state index contributed by atoms with van der Waals surface area (Å²) in [5.41, 5.74) is 5.11. The summed E-state index contributed by atoms with van der Waals surface area (Å²) >= 11 is 0. The molecule has 1 N–H and O–H groups in total. The standard InChI is InChI=1S/C34H30F3N5O/c35-34(36,37)26-12-15-29-25(20-26)22-41(32(38-29)24-6-2-1-3-7-24)27-13-10-23(11-14-27)21-40-18-16-28(17-19-40)42-31-9-5-4-8-30(31)39-33(42)43/h1-15,20,28H,16-19,21-22H2,(H,39,43). The van der Waals surface area contributed by atoms with Crippen molar-refractivity contribution in [2.75, 3.05) is 18.0 Å². The average Bonchev–Trinajstić information content (AvgIpc) is 3.36. The van der Waals surface area contributed by atoms with Crippen molar-refractivity contribution in [2.24, 2.45) is 4.99 Å². The van der Waals surface area contributed by atoms with Gasteiger partial charge in [-0.15, -0.1) is 0 Å². The number of nitrogens with zero attached hydrogens (tertiary/aromatic N) is 4. The Balaban J connectivity index is 1.08. The molecule has 1 aromatic heterocycles. The predicted octanol–water partition coefficient (Wildman–Crippen LogP) is 7.28. The van der Waals surface area contributed by atoms with Crippen LogP contribution in [0, 0.1) is 0 Å². The molecule has 1 saturated heterocycles. The van der Waals surface area contributed by atoms with Crippen molar-refractivity contribution in [2.45, 2.75) is 38.1 Å². The van der Waals surface area contributed by atoms with E-state index in [1.54, 1.807) is 0 Å². The van der Waals surface area contributed by atoms with Crippen LogP contribution in [0.3, 0.4) is 0 Å². The number of aliphatic imine (C=N–C) groups is 1. The highest BCUT2D eigenvalue weighted by atomic mass is 19.4. The largest absolute Gasteiger partial charge is 0.416 e. The lowest BCUT2D eigenvalue weighted by atomic mass is 10.0. The number of H-pyrrole nitrogens is 1. The van der Waals surface area contributed by atoms with Gasteiger partial charge in [-0.1, -0.05) is 54.6 Å². The van der Waals surface area contributed by atoms with E-state index >= 15 is 0 Å². The van der Waals surface area contributed by atoms with Crippen LogP contribution in [0.4, 0.5) is 24.5 Å². The Bertz CT molecular complexity index is 1850. The summed E-state index contributed by atoms with van der Waals surface area (Å²) in [4.78, 5) is 24.8. The highest BCUT2D eigenvalue weighted by molar-refractivity contribution is 6.12. The van der Waals surface area contributed by atoms with Gasteiger partial charge in [-0.2, -0.15) is 13.2 Å². The summed E-state index contributed by atoms with van der Waals surface area (Å²) in [7, 11) is 0. The fraction of sp³-hybridized carbons (Fsp3) is 0.235. The van der Waals surface area contributed by atoms with Crippen molar-refractivity contribution >= 4 is 28.2 Å². The fourth-order valence-corrected chi connectivity index (χ4v) is 6.25. The van der Waals surface area contributed by atoms with Gasteiger partial charge in [0.15, 0.2) is 0 Å². The molecule has 5 aromatic rings. The summed E-state index contributed by atoms with van der Waals surface area (Å²) < 4.78 is 42.3. The van der Waals surface area contributed by atoms with Crippen LogP contribution in [0.15, 0.2) is 107 Å². The second-order valence-electron chi connectivity index (χ2n) is 11.2. The number of nitrogens with one attached hydrogen (secondary N) is 1. The molecule has 7 rings (SSSR count). The lowest BCUT2D eigenvalue weighted by molar-refractivity contribution is -0.137. The first-order valence-electron chi connectivity index (χ1n) is 14.5. The maximum Gasteiger partial charge on any atom is 0.416 e. The molecule has 0 aliphatic carbocycles. The number of benzene rings is 4. The van der Waals surface area contributed by atoms with Crippen molar-refractivity contribution in [3.05, 3.63) is 130 Å². The number of fused-ring (bicyclic) bond motifs is 2. The number of piperidine rings is 1. The molecule has 0 spiro atoms. The highest BCUT2D eigenvalue weighted by Gasteiger charge is 2.32. The molecule has 0 bridgehead atoms. The van der Waals surface area contributed by atoms with Gasteiger partial charge in [-0.05, 0) is 66.4 Å². The Hall–Kier alpha value is -4.63. The highest BCUT2D eigenvalue weighted by Crippen LogP contribution is 2.37. The molecule has 0 saturated carbocycles. The van der Waals surface area contributed by atoms with Gasteiger partial charge in [-0.3, -0.25) is 9.47 Å². The maximum atomic E-state index is 13.5. The monoisotopic (exact) mass is 581 g/mol.